The number of hydrogen-bond acceptors (Lipinski definition) is 6. The van der Waals surface area contributed by atoms with Gasteiger partial charge >= 0.3 is 12.6 Å². The lowest BCUT2D eigenvalue weighted by molar-refractivity contribution is -0.119. The molecule has 31 heavy (non-hydrogen) atoms. The Balaban J connectivity index is 1.69. The largest absolute Gasteiger partial charge is 0.452 e. The molecule has 0 aliphatic rings. The second kappa shape index (κ2) is 9.79. The van der Waals surface area contributed by atoms with E-state index in [0.29, 0.717) is 11.5 Å². The van der Waals surface area contributed by atoms with Crippen molar-refractivity contribution < 1.29 is 27.8 Å². The molecule has 0 spiro atoms. The summed E-state index contributed by atoms with van der Waals surface area (Å²) in [6, 6.07) is 11.0. The Morgan fingerprint density at radius 3 is 2.55 bits per heavy atom. The highest BCUT2D eigenvalue weighted by Gasteiger charge is 2.23. The number of pyridine rings is 1. The van der Waals surface area contributed by atoms with Crippen LogP contribution in [0, 0.1) is 0 Å². The highest BCUT2D eigenvalue weighted by Crippen LogP contribution is 2.26. The number of ether oxygens (including phenoxy) is 2. The maximum atomic E-state index is 12.6. The van der Waals surface area contributed by atoms with Crippen molar-refractivity contribution in [1.29, 1.82) is 0 Å². The lowest BCUT2D eigenvalue weighted by atomic mass is 10.1. The summed E-state index contributed by atoms with van der Waals surface area (Å²) in [5.41, 5.74) is 0.823. The van der Waals surface area contributed by atoms with E-state index in [2.05, 4.69) is 20.1 Å². The number of rotatable bonds is 8. The van der Waals surface area contributed by atoms with Crippen LogP contribution in [0.5, 0.6) is 5.75 Å². The van der Waals surface area contributed by atoms with Crippen molar-refractivity contribution in [3.05, 3.63) is 66.1 Å². The van der Waals surface area contributed by atoms with Crippen LogP contribution < -0.4 is 10.1 Å². The molecule has 3 aromatic rings. The second-order valence-corrected chi connectivity index (χ2v) is 6.70. The van der Waals surface area contributed by atoms with Gasteiger partial charge in [0.15, 0.2) is 12.4 Å². The number of alkyl halides is 2. The fraction of sp³-hybridized carbons (Fsp3) is 0.238. The van der Waals surface area contributed by atoms with E-state index in [0.717, 1.165) is 0 Å². The quantitative estimate of drug-likeness (QED) is 0.547. The zero-order valence-corrected chi connectivity index (χ0v) is 16.8. The Labute approximate surface area is 176 Å². The number of nitrogens with zero attached hydrogens (tertiary/aromatic N) is 3. The van der Waals surface area contributed by atoms with Crippen LogP contribution in [0.3, 0.4) is 0 Å². The van der Waals surface area contributed by atoms with Gasteiger partial charge in [-0.05, 0) is 30.2 Å². The van der Waals surface area contributed by atoms with Crippen molar-refractivity contribution in [2.24, 2.45) is 0 Å². The van der Waals surface area contributed by atoms with Gasteiger partial charge in [-0.1, -0.05) is 32.0 Å². The number of para-hydroxylation sites is 2. The van der Waals surface area contributed by atoms with Crippen molar-refractivity contribution in [3.63, 3.8) is 0 Å². The van der Waals surface area contributed by atoms with E-state index in [4.69, 9.17) is 4.74 Å². The number of benzene rings is 1. The van der Waals surface area contributed by atoms with Gasteiger partial charge in [0.1, 0.15) is 11.3 Å². The number of nitrogens with one attached hydrogen (secondary N) is 1. The minimum atomic E-state index is -3.04. The lowest BCUT2D eigenvalue weighted by Crippen LogP contribution is -2.22. The molecule has 1 N–H and O–H groups in total. The topological polar surface area (TPSA) is 95.3 Å². The van der Waals surface area contributed by atoms with Gasteiger partial charge in [0.2, 0.25) is 0 Å². The standard InChI is InChI=1S/C21H20F2N4O4/c1-13(2)19-14(11-25-27(19)17-9-5-6-10-24-17)20(29)30-12-18(28)26-15-7-3-4-8-16(15)31-21(22)23/h3-11,13,21H,12H2,1-2H3,(H,26,28). The van der Waals surface area contributed by atoms with Crippen LogP contribution in [-0.4, -0.2) is 39.9 Å². The first-order valence-electron chi connectivity index (χ1n) is 9.37. The minimum Gasteiger partial charge on any atom is -0.452 e. The van der Waals surface area contributed by atoms with Gasteiger partial charge in [-0.3, -0.25) is 4.79 Å². The third-order valence-corrected chi connectivity index (χ3v) is 4.15. The lowest BCUT2D eigenvalue weighted by Gasteiger charge is -2.13. The molecule has 1 amide bonds. The predicted molar refractivity (Wildman–Crippen MR) is 107 cm³/mol. The molecule has 0 saturated carbocycles. The summed E-state index contributed by atoms with van der Waals surface area (Å²) in [7, 11) is 0. The molecular formula is C21H20F2N4O4. The highest BCUT2D eigenvalue weighted by atomic mass is 19.3. The molecule has 2 aromatic heterocycles. The van der Waals surface area contributed by atoms with Crippen molar-refractivity contribution in [3.8, 4) is 11.6 Å². The van der Waals surface area contributed by atoms with Crippen molar-refractivity contribution >= 4 is 17.6 Å². The van der Waals surface area contributed by atoms with Crippen LogP contribution in [0.2, 0.25) is 0 Å². The van der Waals surface area contributed by atoms with E-state index in [1.165, 1.54) is 24.4 Å². The molecule has 0 aliphatic heterocycles. The van der Waals surface area contributed by atoms with Crippen molar-refractivity contribution in [2.45, 2.75) is 26.4 Å². The van der Waals surface area contributed by atoms with E-state index in [9.17, 15) is 18.4 Å². The summed E-state index contributed by atoms with van der Waals surface area (Å²) >= 11 is 0. The van der Waals surface area contributed by atoms with Gasteiger partial charge in [-0.15, -0.1) is 0 Å². The van der Waals surface area contributed by atoms with Crippen LogP contribution in [0.15, 0.2) is 54.9 Å². The highest BCUT2D eigenvalue weighted by molar-refractivity contribution is 5.96. The Hall–Kier alpha value is -3.82. The molecule has 0 unspecified atom stereocenters. The zero-order valence-electron chi connectivity index (χ0n) is 16.8. The van der Waals surface area contributed by atoms with Gasteiger partial charge in [0.05, 0.1) is 17.6 Å². The molecule has 3 rings (SSSR count). The van der Waals surface area contributed by atoms with E-state index in [-0.39, 0.29) is 22.9 Å². The number of halogens is 2. The van der Waals surface area contributed by atoms with Crippen molar-refractivity contribution in [1.82, 2.24) is 14.8 Å². The molecular weight excluding hydrogens is 410 g/mol. The molecule has 10 heteroatoms. The van der Waals surface area contributed by atoms with Crippen molar-refractivity contribution in [2.75, 3.05) is 11.9 Å². The van der Waals surface area contributed by atoms with Gasteiger partial charge in [-0.2, -0.15) is 13.9 Å². The molecule has 0 bridgehead atoms. The fourth-order valence-corrected chi connectivity index (χ4v) is 2.90. The third-order valence-electron chi connectivity index (χ3n) is 4.15. The van der Waals surface area contributed by atoms with E-state index in [1.807, 2.05) is 13.8 Å². The Morgan fingerprint density at radius 1 is 1.13 bits per heavy atom. The number of carbonyl (C=O) groups is 2. The summed E-state index contributed by atoms with van der Waals surface area (Å²) < 4.78 is 36.0. The first-order valence-corrected chi connectivity index (χ1v) is 9.37. The monoisotopic (exact) mass is 430 g/mol. The Bertz CT molecular complexity index is 1050. The summed E-state index contributed by atoms with van der Waals surface area (Å²) in [4.78, 5) is 29.0. The Morgan fingerprint density at radius 2 is 1.87 bits per heavy atom. The number of anilines is 1. The van der Waals surface area contributed by atoms with Crippen LogP contribution >= 0.6 is 0 Å². The second-order valence-electron chi connectivity index (χ2n) is 6.70. The van der Waals surface area contributed by atoms with Crippen LogP contribution in [-0.2, 0) is 9.53 Å². The Kier molecular flexibility index (Phi) is 6.91. The number of aromatic nitrogens is 3. The number of amides is 1. The summed E-state index contributed by atoms with van der Waals surface area (Å²) in [5, 5.41) is 6.61. The van der Waals surface area contributed by atoms with Gasteiger partial charge < -0.3 is 14.8 Å². The SMILES string of the molecule is CC(C)c1c(C(=O)OCC(=O)Nc2ccccc2OC(F)F)cnn1-c1ccccn1. The smallest absolute Gasteiger partial charge is 0.387 e. The van der Waals surface area contributed by atoms with Gasteiger partial charge in [0.25, 0.3) is 5.91 Å². The van der Waals surface area contributed by atoms with Gasteiger partial charge in [-0.25, -0.2) is 14.5 Å². The predicted octanol–water partition coefficient (Wildman–Crippen LogP) is 3.79. The molecule has 1 aromatic carbocycles. The first kappa shape index (κ1) is 21.9. The van der Waals surface area contributed by atoms with Crippen LogP contribution in [0.4, 0.5) is 14.5 Å². The van der Waals surface area contributed by atoms with Gasteiger partial charge in [0, 0.05) is 6.20 Å². The first-order chi connectivity index (χ1) is 14.9. The maximum absolute atomic E-state index is 12.6. The molecule has 8 nitrogen and oxygen atoms in total. The van der Waals surface area contributed by atoms with Crippen LogP contribution in [0.25, 0.3) is 5.82 Å². The zero-order chi connectivity index (χ0) is 22.4. The molecule has 0 radical (unpaired) electrons. The molecule has 2 heterocycles. The maximum Gasteiger partial charge on any atom is 0.387 e. The van der Waals surface area contributed by atoms with E-state index in [1.54, 1.807) is 35.1 Å². The number of carbonyl (C=O) groups excluding carboxylic acids is 2. The molecule has 0 atom stereocenters. The summed E-state index contributed by atoms with van der Waals surface area (Å²) in [6.07, 6.45) is 2.97. The minimum absolute atomic E-state index is 0.0367. The molecule has 0 saturated heterocycles. The average molecular weight is 430 g/mol. The summed E-state index contributed by atoms with van der Waals surface area (Å²) in [5.74, 6) is -1.19. The van der Waals surface area contributed by atoms with E-state index >= 15 is 0 Å². The third kappa shape index (κ3) is 5.41. The number of hydrogen-bond donors (Lipinski definition) is 1. The average Bonchev–Trinajstić information content (AvgIpc) is 3.19. The number of esters is 1. The fourth-order valence-electron chi connectivity index (χ4n) is 2.90. The molecule has 162 valence electrons. The molecule has 0 aliphatic carbocycles. The summed E-state index contributed by atoms with van der Waals surface area (Å²) in [6.45, 7) is 0.120. The van der Waals surface area contributed by atoms with E-state index < -0.39 is 25.1 Å². The van der Waals surface area contributed by atoms with Crippen LogP contribution in [0.1, 0.15) is 35.8 Å². The molecule has 0 fully saturated rings. The normalized spacial score (nSPS) is 10.9.